The molecule has 0 bridgehead atoms. The fourth-order valence-electron chi connectivity index (χ4n) is 2.54. The van der Waals surface area contributed by atoms with Gasteiger partial charge in [-0.05, 0) is 52.7 Å². The molecule has 3 nitrogen and oxygen atoms in total. The molecule has 0 fully saturated rings. The van der Waals surface area contributed by atoms with Gasteiger partial charge < -0.3 is 10.6 Å². The van der Waals surface area contributed by atoms with E-state index >= 15 is 0 Å². The van der Waals surface area contributed by atoms with Crippen LogP contribution in [0.15, 0.2) is 53.1 Å². The fraction of sp³-hybridized carbons (Fsp3) is 0.118. The minimum absolute atomic E-state index is 0.737. The molecule has 0 aliphatic rings. The Morgan fingerprint density at radius 2 is 1.86 bits per heavy atom. The normalized spacial score (nSPS) is 10.8. The minimum Gasteiger partial charge on any atom is -0.398 e. The number of benzene rings is 2. The first-order chi connectivity index (χ1) is 10.1. The zero-order valence-corrected chi connectivity index (χ0v) is 13.6. The van der Waals surface area contributed by atoms with E-state index in [0.29, 0.717) is 0 Å². The van der Waals surface area contributed by atoms with Gasteiger partial charge in [-0.3, -0.25) is 4.98 Å². The predicted molar refractivity (Wildman–Crippen MR) is 93.1 cm³/mol. The molecule has 21 heavy (non-hydrogen) atoms. The number of rotatable bonds is 2. The van der Waals surface area contributed by atoms with Crippen LogP contribution in [0.1, 0.15) is 5.56 Å². The van der Waals surface area contributed by atoms with E-state index in [2.05, 4.69) is 51.9 Å². The summed E-state index contributed by atoms with van der Waals surface area (Å²) in [4.78, 5) is 6.70. The Morgan fingerprint density at radius 3 is 2.62 bits per heavy atom. The number of halogens is 1. The van der Waals surface area contributed by atoms with Crippen molar-refractivity contribution in [3.63, 3.8) is 0 Å². The zero-order valence-electron chi connectivity index (χ0n) is 12.0. The lowest BCUT2D eigenvalue weighted by Crippen LogP contribution is -2.12. The van der Waals surface area contributed by atoms with Crippen molar-refractivity contribution in [2.45, 2.75) is 6.92 Å². The summed E-state index contributed by atoms with van der Waals surface area (Å²) in [6, 6.07) is 14.3. The maximum atomic E-state index is 6.08. The van der Waals surface area contributed by atoms with Crippen LogP contribution in [0.3, 0.4) is 0 Å². The third-order valence-corrected chi connectivity index (χ3v) is 4.10. The number of nitrogen functional groups attached to an aromatic ring is 1. The molecule has 3 aromatic rings. The number of aromatic nitrogens is 1. The van der Waals surface area contributed by atoms with Gasteiger partial charge in [0, 0.05) is 34.5 Å². The highest BCUT2D eigenvalue weighted by atomic mass is 79.9. The van der Waals surface area contributed by atoms with E-state index in [1.165, 1.54) is 5.56 Å². The highest BCUT2D eigenvalue weighted by Gasteiger charge is 2.12. The van der Waals surface area contributed by atoms with Crippen LogP contribution >= 0.6 is 15.9 Å². The topological polar surface area (TPSA) is 42.1 Å². The van der Waals surface area contributed by atoms with E-state index in [1.807, 2.05) is 30.3 Å². The molecule has 2 aromatic carbocycles. The van der Waals surface area contributed by atoms with Gasteiger partial charge in [-0.2, -0.15) is 0 Å². The van der Waals surface area contributed by atoms with Crippen molar-refractivity contribution >= 4 is 43.9 Å². The third kappa shape index (κ3) is 2.47. The van der Waals surface area contributed by atoms with Crippen LogP contribution in [0.4, 0.5) is 17.1 Å². The quantitative estimate of drug-likeness (QED) is 0.689. The smallest absolute Gasteiger partial charge is 0.0960 e. The summed E-state index contributed by atoms with van der Waals surface area (Å²) in [5.74, 6) is 0. The van der Waals surface area contributed by atoms with Gasteiger partial charge >= 0.3 is 0 Å². The molecule has 3 rings (SSSR count). The molecular formula is C17H16BrN3. The lowest BCUT2D eigenvalue weighted by molar-refractivity contribution is 1.19. The maximum Gasteiger partial charge on any atom is 0.0960 e. The summed E-state index contributed by atoms with van der Waals surface area (Å²) in [5.41, 5.74) is 11.2. The molecule has 0 amide bonds. The monoisotopic (exact) mass is 341 g/mol. The standard InChI is InChI=1S/C17H16BrN3/c1-11-5-3-4-6-15(11)21(2)16-8-7-14(19)13-9-12(18)10-20-17(13)16/h3-10H,19H2,1-2H3. The number of fused-ring (bicyclic) bond motifs is 1. The molecule has 0 aliphatic carbocycles. The van der Waals surface area contributed by atoms with Crippen LogP contribution in [0.25, 0.3) is 10.9 Å². The Labute approximate surface area is 132 Å². The van der Waals surface area contributed by atoms with Crippen molar-refractivity contribution in [3.8, 4) is 0 Å². The Balaban J connectivity index is 2.21. The molecule has 0 saturated heterocycles. The molecule has 0 unspecified atom stereocenters. The van der Waals surface area contributed by atoms with Crippen molar-refractivity contribution in [1.29, 1.82) is 0 Å². The number of pyridine rings is 1. The fourth-order valence-corrected chi connectivity index (χ4v) is 2.87. The summed E-state index contributed by atoms with van der Waals surface area (Å²) in [7, 11) is 2.05. The highest BCUT2D eigenvalue weighted by molar-refractivity contribution is 9.10. The number of aryl methyl sites for hydroxylation is 1. The lowest BCUT2D eigenvalue weighted by Gasteiger charge is -2.23. The molecule has 2 N–H and O–H groups in total. The molecule has 1 heterocycles. The van der Waals surface area contributed by atoms with E-state index in [4.69, 9.17) is 5.73 Å². The number of hydrogen-bond donors (Lipinski definition) is 1. The van der Waals surface area contributed by atoms with Crippen LogP contribution in [0.2, 0.25) is 0 Å². The molecule has 0 atom stereocenters. The number of anilines is 3. The second-order valence-corrected chi connectivity index (χ2v) is 5.98. The Bertz CT molecular complexity index is 814. The number of nitrogens with zero attached hydrogens (tertiary/aromatic N) is 2. The summed E-state index contributed by atoms with van der Waals surface area (Å²) < 4.78 is 0.928. The van der Waals surface area contributed by atoms with E-state index in [0.717, 1.165) is 32.4 Å². The highest BCUT2D eigenvalue weighted by Crippen LogP contribution is 2.34. The summed E-state index contributed by atoms with van der Waals surface area (Å²) >= 11 is 3.45. The minimum atomic E-state index is 0.737. The zero-order chi connectivity index (χ0) is 15.0. The van der Waals surface area contributed by atoms with E-state index < -0.39 is 0 Å². The van der Waals surface area contributed by atoms with Gasteiger partial charge in [-0.25, -0.2) is 0 Å². The summed E-state index contributed by atoms with van der Waals surface area (Å²) in [5, 5.41) is 0.960. The first-order valence-corrected chi connectivity index (χ1v) is 7.50. The molecule has 0 saturated carbocycles. The molecule has 0 aliphatic heterocycles. The molecule has 0 radical (unpaired) electrons. The number of para-hydroxylation sites is 1. The second-order valence-electron chi connectivity index (χ2n) is 5.07. The van der Waals surface area contributed by atoms with E-state index in [-0.39, 0.29) is 0 Å². The van der Waals surface area contributed by atoms with Crippen LogP contribution in [0.5, 0.6) is 0 Å². The van der Waals surface area contributed by atoms with Crippen LogP contribution in [-0.4, -0.2) is 12.0 Å². The predicted octanol–water partition coefficient (Wildman–Crippen LogP) is 4.66. The molecule has 0 spiro atoms. The van der Waals surface area contributed by atoms with Crippen LogP contribution in [-0.2, 0) is 0 Å². The number of hydrogen-bond acceptors (Lipinski definition) is 3. The number of nitrogens with two attached hydrogens (primary N) is 1. The van der Waals surface area contributed by atoms with Gasteiger partial charge in [0.1, 0.15) is 0 Å². The molecule has 4 heteroatoms. The average Bonchev–Trinajstić information content (AvgIpc) is 2.48. The summed E-state index contributed by atoms with van der Waals surface area (Å²) in [6.07, 6.45) is 1.80. The third-order valence-electron chi connectivity index (χ3n) is 3.67. The maximum absolute atomic E-state index is 6.08. The van der Waals surface area contributed by atoms with E-state index in [9.17, 15) is 0 Å². The van der Waals surface area contributed by atoms with Crippen LogP contribution in [0, 0.1) is 6.92 Å². The summed E-state index contributed by atoms with van der Waals surface area (Å²) in [6.45, 7) is 2.11. The lowest BCUT2D eigenvalue weighted by atomic mass is 10.1. The van der Waals surface area contributed by atoms with Crippen molar-refractivity contribution in [3.05, 3.63) is 58.7 Å². The average molecular weight is 342 g/mol. The second kappa shape index (κ2) is 5.37. The van der Waals surface area contributed by atoms with Crippen LogP contribution < -0.4 is 10.6 Å². The Morgan fingerprint density at radius 1 is 1.10 bits per heavy atom. The van der Waals surface area contributed by atoms with Gasteiger partial charge in [-0.15, -0.1) is 0 Å². The van der Waals surface area contributed by atoms with Crippen molar-refractivity contribution in [2.75, 3.05) is 17.7 Å². The van der Waals surface area contributed by atoms with Crippen molar-refractivity contribution < 1.29 is 0 Å². The molecule has 106 valence electrons. The van der Waals surface area contributed by atoms with Gasteiger partial charge in [0.15, 0.2) is 0 Å². The van der Waals surface area contributed by atoms with Gasteiger partial charge in [0.05, 0.1) is 11.2 Å². The van der Waals surface area contributed by atoms with Gasteiger partial charge in [-0.1, -0.05) is 18.2 Å². The first-order valence-electron chi connectivity index (χ1n) is 6.71. The Hall–Kier alpha value is -2.07. The first kappa shape index (κ1) is 13.9. The van der Waals surface area contributed by atoms with Crippen molar-refractivity contribution in [2.24, 2.45) is 0 Å². The van der Waals surface area contributed by atoms with Crippen molar-refractivity contribution in [1.82, 2.24) is 4.98 Å². The van der Waals surface area contributed by atoms with Gasteiger partial charge in [0.2, 0.25) is 0 Å². The SMILES string of the molecule is Cc1ccccc1N(C)c1ccc(N)c2cc(Br)cnc12. The molecular weight excluding hydrogens is 326 g/mol. The molecule has 1 aromatic heterocycles. The largest absolute Gasteiger partial charge is 0.398 e. The Kier molecular flexibility index (Phi) is 3.55. The van der Waals surface area contributed by atoms with E-state index in [1.54, 1.807) is 6.20 Å². The van der Waals surface area contributed by atoms with Gasteiger partial charge in [0.25, 0.3) is 0 Å².